The topological polar surface area (TPSA) is 12.0 Å². The zero-order chi connectivity index (χ0) is 14.4. The predicted molar refractivity (Wildman–Crippen MR) is 81.0 cm³/mol. The Bertz CT molecular complexity index is 599. The van der Waals surface area contributed by atoms with Crippen LogP contribution in [0.2, 0.25) is 0 Å². The van der Waals surface area contributed by atoms with Crippen LogP contribution in [0.5, 0.6) is 0 Å². The second kappa shape index (κ2) is 7.10. The van der Waals surface area contributed by atoms with E-state index in [1.54, 1.807) is 17.8 Å². The molecule has 2 aromatic rings. The summed E-state index contributed by atoms with van der Waals surface area (Å²) in [5, 5.41) is 3.14. The standard InChI is InChI=1S/C16H15F2NS/c1-2-10-20-15-9-4-3-8-14(15)19-11-12-6-5-7-13(17)16(12)18/h2-9,19H,1,10-11H2. The second-order valence-corrected chi connectivity index (χ2v) is 5.22. The van der Waals surface area contributed by atoms with Crippen molar-refractivity contribution in [3.63, 3.8) is 0 Å². The van der Waals surface area contributed by atoms with E-state index < -0.39 is 11.6 Å². The summed E-state index contributed by atoms with van der Waals surface area (Å²) in [7, 11) is 0. The van der Waals surface area contributed by atoms with Gasteiger partial charge in [0, 0.05) is 28.4 Å². The molecule has 0 amide bonds. The molecule has 0 radical (unpaired) electrons. The average molecular weight is 291 g/mol. The van der Waals surface area contributed by atoms with Gasteiger partial charge in [0.25, 0.3) is 0 Å². The Morgan fingerprint density at radius 3 is 2.70 bits per heavy atom. The number of hydrogen-bond acceptors (Lipinski definition) is 2. The molecule has 1 N–H and O–H groups in total. The molecule has 0 saturated carbocycles. The number of thioether (sulfide) groups is 1. The molecular formula is C16H15F2NS. The molecule has 0 fully saturated rings. The van der Waals surface area contributed by atoms with Crippen LogP contribution in [0, 0.1) is 11.6 Å². The van der Waals surface area contributed by atoms with Crippen molar-refractivity contribution in [2.75, 3.05) is 11.1 Å². The van der Waals surface area contributed by atoms with Gasteiger partial charge in [-0.2, -0.15) is 0 Å². The summed E-state index contributed by atoms with van der Waals surface area (Å²) in [5.41, 5.74) is 1.22. The van der Waals surface area contributed by atoms with Crippen molar-refractivity contribution in [1.82, 2.24) is 0 Å². The molecule has 0 aromatic heterocycles. The predicted octanol–water partition coefficient (Wildman–Crippen LogP) is 4.86. The molecule has 0 saturated heterocycles. The molecule has 0 aliphatic rings. The van der Waals surface area contributed by atoms with Crippen molar-refractivity contribution in [3.05, 3.63) is 72.3 Å². The highest BCUT2D eigenvalue weighted by Crippen LogP contribution is 2.27. The highest BCUT2D eigenvalue weighted by molar-refractivity contribution is 7.99. The van der Waals surface area contributed by atoms with E-state index >= 15 is 0 Å². The highest BCUT2D eigenvalue weighted by Gasteiger charge is 2.08. The Kier molecular flexibility index (Phi) is 5.18. The van der Waals surface area contributed by atoms with Gasteiger partial charge in [-0.25, -0.2) is 8.78 Å². The van der Waals surface area contributed by atoms with Crippen molar-refractivity contribution >= 4 is 17.4 Å². The van der Waals surface area contributed by atoms with Crippen LogP contribution in [0.3, 0.4) is 0 Å². The number of rotatable bonds is 6. The summed E-state index contributed by atoms with van der Waals surface area (Å²) in [5.74, 6) is -0.817. The summed E-state index contributed by atoms with van der Waals surface area (Å²) in [6, 6.07) is 12.0. The fourth-order valence-electron chi connectivity index (χ4n) is 1.76. The first-order chi connectivity index (χ1) is 9.72. The van der Waals surface area contributed by atoms with Crippen LogP contribution in [0.15, 0.2) is 60.0 Å². The van der Waals surface area contributed by atoms with E-state index in [1.807, 2.05) is 30.3 Å². The quantitative estimate of drug-likeness (QED) is 0.603. The normalized spacial score (nSPS) is 10.3. The van der Waals surface area contributed by atoms with Gasteiger partial charge in [-0.1, -0.05) is 30.3 Å². The third-order valence-electron chi connectivity index (χ3n) is 2.74. The molecule has 2 rings (SSSR count). The van der Waals surface area contributed by atoms with Gasteiger partial charge >= 0.3 is 0 Å². The lowest BCUT2D eigenvalue weighted by Gasteiger charge is -2.11. The first-order valence-corrected chi connectivity index (χ1v) is 7.20. The number of hydrogen-bond donors (Lipinski definition) is 1. The lowest BCUT2D eigenvalue weighted by atomic mass is 10.2. The van der Waals surface area contributed by atoms with Crippen LogP contribution in [0.4, 0.5) is 14.5 Å². The maximum Gasteiger partial charge on any atom is 0.163 e. The SMILES string of the molecule is C=CCSc1ccccc1NCc1cccc(F)c1F. The average Bonchev–Trinajstić information content (AvgIpc) is 2.47. The van der Waals surface area contributed by atoms with Gasteiger partial charge in [0.1, 0.15) is 0 Å². The minimum atomic E-state index is -0.821. The zero-order valence-corrected chi connectivity index (χ0v) is 11.7. The number of benzene rings is 2. The number of anilines is 1. The Hall–Kier alpha value is -1.81. The second-order valence-electron chi connectivity index (χ2n) is 4.16. The van der Waals surface area contributed by atoms with Gasteiger partial charge in [-0.3, -0.25) is 0 Å². The first-order valence-electron chi connectivity index (χ1n) is 6.22. The lowest BCUT2D eigenvalue weighted by molar-refractivity contribution is 0.500. The van der Waals surface area contributed by atoms with Gasteiger partial charge < -0.3 is 5.32 Å². The molecule has 104 valence electrons. The molecule has 0 atom stereocenters. The molecule has 0 unspecified atom stereocenters. The van der Waals surface area contributed by atoms with E-state index in [-0.39, 0.29) is 6.54 Å². The van der Waals surface area contributed by atoms with Crippen LogP contribution in [-0.2, 0) is 6.54 Å². The maximum absolute atomic E-state index is 13.6. The van der Waals surface area contributed by atoms with Gasteiger partial charge in [0.15, 0.2) is 11.6 Å². The minimum Gasteiger partial charge on any atom is -0.380 e. The molecule has 0 aliphatic carbocycles. The molecule has 2 aromatic carbocycles. The summed E-state index contributed by atoms with van der Waals surface area (Å²) < 4.78 is 26.7. The third-order valence-corrected chi connectivity index (χ3v) is 3.81. The third kappa shape index (κ3) is 3.61. The van der Waals surface area contributed by atoms with E-state index in [9.17, 15) is 8.78 Å². The molecule has 0 heterocycles. The largest absolute Gasteiger partial charge is 0.380 e. The fraction of sp³-hybridized carbons (Fsp3) is 0.125. The van der Waals surface area contributed by atoms with E-state index in [4.69, 9.17) is 0 Å². The summed E-state index contributed by atoms with van der Waals surface area (Å²) in [6.45, 7) is 3.93. The van der Waals surface area contributed by atoms with E-state index in [0.29, 0.717) is 5.56 Å². The molecule has 0 bridgehead atoms. The van der Waals surface area contributed by atoms with Crippen molar-refractivity contribution in [3.8, 4) is 0 Å². The fourth-order valence-corrected chi connectivity index (χ4v) is 2.53. The number of halogens is 2. The monoisotopic (exact) mass is 291 g/mol. The van der Waals surface area contributed by atoms with Gasteiger partial charge in [0.05, 0.1) is 0 Å². The Morgan fingerprint density at radius 2 is 1.90 bits per heavy atom. The maximum atomic E-state index is 13.6. The van der Waals surface area contributed by atoms with Crippen LogP contribution in [0.25, 0.3) is 0 Å². The molecule has 0 aliphatic heterocycles. The van der Waals surface area contributed by atoms with E-state index in [1.165, 1.54) is 6.07 Å². The van der Waals surface area contributed by atoms with Gasteiger partial charge in [-0.15, -0.1) is 18.3 Å². The van der Waals surface area contributed by atoms with Crippen molar-refractivity contribution in [2.45, 2.75) is 11.4 Å². The number of para-hydroxylation sites is 1. The molecule has 20 heavy (non-hydrogen) atoms. The molecule has 0 spiro atoms. The number of nitrogens with one attached hydrogen (secondary N) is 1. The first kappa shape index (κ1) is 14.6. The highest BCUT2D eigenvalue weighted by atomic mass is 32.2. The van der Waals surface area contributed by atoms with Crippen molar-refractivity contribution in [2.24, 2.45) is 0 Å². The molecule has 1 nitrogen and oxygen atoms in total. The summed E-state index contributed by atoms with van der Waals surface area (Å²) in [6.07, 6.45) is 1.83. The van der Waals surface area contributed by atoms with Gasteiger partial charge in [-0.05, 0) is 18.2 Å². The van der Waals surface area contributed by atoms with E-state index in [0.717, 1.165) is 22.4 Å². The van der Waals surface area contributed by atoms with Crippen LogP contribution in [-0.4, -0.2) is 5.75 Å². The minimum absolute atomic E-state index is 0.245. The lowest BCUT2D eigenvalue weighted by Crippen LogP contribution is -2.04. The zero-order valence-electron chi connectivity index (χ0n) is 10.9. The van der Waals surface area contributed by atoms with Crippen molar-refractivity contribution < 1.29 is 8.78 Å². The van der Waals surface area contributed by atoms with Crippen molar-refractivity contribution in [1.29, 1.82) is 0 Å². The molecular weight excluding hydrogens is 276 g/mol. The Labute approximate surface area is 121 Å². The summed E-state index contributed by atoms with van der Waals surface area (Å²) in [4.78, 5) is 1.06. The summed E-state index contributed by atoms with van der Waals surface area (Å²) >= 11 is 1.64. The van der Waals surface area contributed by atoms with Crippen LogP contribution < -0.4 is 5.32 Å². The Balaban J connectivity index is 2.10. The Morgan fingerprint density at radius 1 is 1.10 bits per heavy atom. The smallest absolute Gasteiger partial charge is 0.163 e. The van der Waals surface area contributed by atoms with Crippen LogP contribution in [0.1, 0.15) is 5.56 Å². The van der Waals surface area contributed by atoms with Gasteiger partial charge in [0.2, 0.25) is 0 Å². The molecule has 4 heteroatoms. The van der Waals surface area contributed by atoms with Crippen LogP contribution >= 0.6 is 11.8 Å². The van der Waals surface area contributed by atoms with E-state index in [2.05, 4.69) is 11.9 Å².